The molecule has 3 rings (SSSR count). The molecule has 0 spiro atoms. The third-order valence-corrected chi connectivity index (χ3v) is 5.53. The van der Waals surface area contributed by atoms with Gasteiger partial charge in [0, 0.05) is 49.9 Å². The van der Waals surface area contributed by atoms with Crippen molar-refractivity contribution in [1.29, 1.82) is 0 Å². The number of nitrogens with zero attached hydrogens (tertiary/aromatic N) is 1. The second-order valence-electron chi connectivity index (χ2n) is 8.09. The molecule has 9 heteroatoms. The Labute approximate surface area is 192 Å². The average Bonchev–Trinajstić information content (AvgIpc) is 3.21. The van der Waals surface area contributed by atoms with Crippen LogP contribution in [0.4, 0.5) is 10.1 Å². The van der Waals surface area contributed by atoms with Crippen molar-refractivity contribution in [3.05, 3.63) is 52.1 Å². The van der Waals surface area contributed by atoms with Gasteiger partial charge in [-0.1, -0.05) is 0 Å². The quantitative estimate of drug-likeness (QED) is 0.532. The number of carbonyl (C=O) groups is 3. The number of hydrogen-bond donors (Lipinski definition) is 3. The molecule has 1 atom stereocenters. The van der Waals surface area contributed by atoms with E-state index in [1.54, 1.807) is 34.0 Å². The van der Waals surface area contributed by atoms with Crippen LogP contribution in [0.1, 0.15) is 46.2 Å². The zero-order chi connectivity index (χ0) is 24.3. The van der Waals surface area contributed by atoms with E-state index >= 15 is 0 Å². The van der Waals surface area contributed by atoms with Crippen molar-refractivity contribution in [2.75, 3.05) is 32.6 Å². The lowest BCUT2D eigenvalue weighted by Crippen LogP contribution is -2.38. The van der Waals surface area contributed by atoms with E-state index < -0.39 is 11.9 Å². The van der Waals surface area contributed by atoms with Gasteiger partial charge in [-0.2, -0.15) is 0 Å². The summed E-state index contributed by atoms with van der Waals surface area (Å²) in [6, 6.07) is 4.12. The maximum atomic E-state index is 13.7. The number of aromatic amines is 1. The molecule has 1 aromatic heterocycles. The number of benzene rings is 1. The zero-order valence-electron chi connectivity index (χ0n) is 19.5. The SMILES string of the molecule is CCO[C@@H](CCNC(=O)c1c(C)[nH]c(/C=C2\C(=O)Nc3ccc(F)cc32)c1C)C(=O)N(C)C. The Balaban J connectivity index is 1.77. The Morgan fingerprint density at radius 3 is 2.67 bits per heavy atom. The fourth-order valence-corrected chi connectivity index (χ4v) is 3.88. The molecule has 33 heavy (non-hydrogen) atoms. The van der Waals surface area contributed by atoms with Crippen LogP contribution in [0.25, 0.3) is 11.6 Å². The number of H-pyrrole nitrogens is 1. The largest absolute Gasteiger partial charge is 0.369 e. The molecule has 0 saturated heterocycles. The van der Waals surface area contributed by atoms with Crippen molar-refractivity contribution in [3.8, 4) is 0 Å². The Morgan fingerprint density at radius 1 is 1.27 bits per heavy atom. The van der Waals surface area contributed by atoms with Crippen molar-refractivity contribution in [1.82, 2.24) is 15.2 Å². The number of ether oxygens (including phenoxy) is 1. The van der Waals surface area contributed by atoms with Gasteiger partial charge in [-0.25, -0.2) is 4.39 Å². The van der Waals surface area contributed by atoms with Gasteiger partial charge < -0.3 is 25.3 Å². The first-order chi connectivity index (χ1) is 15.6. The first kappa shape index (κ1) is 24.2. The van der Waals surface area contributed by atoms with Crippen molar-refractivity contribution in [3.63, 3.8) is 0 Å². The van der Waals surface area contributed by atoms with Gasteiger partial charge in [-0.05, 0) is 57.0 Å². The number of aryl methyl sites for hydroxylation is 1. The highest BCUT2D eigenvalue weighted by Crippen LogP contribution is 2.34. The molecule has 0 unspecified atom stereocenters. The molecule has 8 nitrogen and oxygen atoms in total. The lowest BCUT2D eigenvalue weighted by Gasteiger charge is -2.20. The minimum absolute atomic E-state index is 0.152. The summed E-state index contributed by atoms with van der Waals surface area (Å²) >= 11 is 0. The van der Waals surface area contributed by atoms with E-state index in [9.17, 15) is 18.8 Å². The summed E-state index contributed by atoms with van der Waals surface area (Å²) in [5.74, 6) is -1.21. The second kappa shape index (κ2) is 9.99. The molecule has 0 fully saturated rings. The molecule has 0 bridgehead atoms. The molecule has 0 saturated carbocycles. The van der Waals surface area contributed by atoms with E-state index in [2.05, 4.69) is 15.6 Å². The fourth-order valence-electron chi connectivity index (χ4n) is 3.88. The highest BCUT2D eigenvalue weighted by Gasteiger charge is 2.26. The van der Waals surface area contributed by atoms with Crippen LogP contribution in [-0.2, 0) is 14.3 Å². The molecule has 3 amide bonds. The predicted molar refractivity (Wildman–Crippen MR) is 124 cm³/mol. The lowest BCUT2D eigenvalue weighted by molar-refractivity contribution is -0.141. The first-order valence-corrected chi connectivity index (χ1v) is 10.8. The van der Waals surface area contributed by atoms with Crippen LogP contribution >= 0.6 is 0 Å². The molecular formula is C24H29FN4O4. The van der Waals surface area contributed by atoms with Crippen LogP contribution in [-0.4, -0.2) is 61.0 Å². The summed E-state index contributed by atoms with van der Waals surface area (Å²) < 4.78 is 19.2. The summed E-state index contributed by atoms with van der Waals surface area (Å²) in [7, 11) is 3.32. The Bertz CT molecular complexity index is 1120. The van der Waals surface area contributed by atoms with Gasteiger partial charge in [0.05, 0.1) is 11.1 Å². The topological polar surface area (TPSA) is 104 Å². The number of aromatic nitrogens is 1. The molecule has 176 valence electrons. The number of hydrogen-bond acceptors (Lipinski definition) is 4. The zero-order valence-corrected chi connectivity index (χ0v) is 19.5. The second-order valence-corrected chi connectivity index (χ2v) is 8.09. The summed E-state index contributed by atoms with van der Waals surface area (Å²) in [5, 5.41) is 5.56. The number of amides is 3. The van der Waals surface area contributed by atoms with Crippen LogP contribution in [0.3, 0.4) is 0 Å². The molecule has 3 N–H and O–H groups in total. The van der Waals surface area contributed by atoms with Crippen molar-refractivity contribution in [2.45, 2.75) is 33.3 Å². The van der Waals surface area contributed by atoms with Gasteiger partial charge in [0.25, 0.3) is 17.7 Å². The summed E-state index contributed by atoms with van der Waals surface area (Å²) in [4.78, 5) is 42.1. The number of rotatable bonds is 8. The number of likely N-dealkylation sites (N-methyl/N-ethyl adjacent to an activating group) is 1. The maximum absolute atomic E-state index is 13.7. The molecule has 1 aromatic carbocycles. The average molecular weight is 457 g/mol. The van der Waals surface area contributed by atoms with Crippen LogP contribution in [0.2, 0.25) is 0 Å². The van der Waals surface area contributed by atoms with Gasteiger partial charge in [-0.15, -0.1) is 0 Å². The van der Waals surface area contributed by atoms with E-state index in [0.29, 0.717) is 52.4 Å². The smallest absolute Gasteiger partial charge is 0.256 e. The lowest BCUT2D eigenvalue weighted by atomic mass is 10.0. The first-order valence-electron chi connectivity index (χ1n) is 10.8. The molecular weight excluding hydrogens is 427 g/mol. The third-order valence-electron chi connectivity index (χ3n) is 5.53. The number of fused-ring (bicyclic) bond motifs is 1. The number of carbonyl (C=O) groups excluding carboxylic acids is 3. The fraction of sp³-hybridized carbons (Fsp3) is 0.375. The monoisotopic (exact) mass is 456 g/mol. The van der Waals surface area contributed by atoms with E-state index in [0.717, 1.165) is 0 Å². The summed E-state index contributed by atoms with van der Waals surface area (Å²) in [6.45, 7) is 6.02. The van der Waals surface area contributed by atoms with E-state index in [1.165, 1.54) is 23.1 Å². The Morgan fingerprint density at radius 2 is 2.00 bits per heavy atom. The Kier molecular flexibility index (Phi) is 7.33. The molecule has 0 radical (unpaired) electrons. The molecule has 1 aliphatic rings. The van der Waals surface area contributed by atoms with Gasteiger partial charge in [0.2, 0.25) is 0 Å². The van der Waals surface area contributed by atoms with Crippen LogP contribution in [0.15, 0.2) is 18.2 Å². The van der Waals surface area contributed by atoms with Crippen molar-refractivity contribution in [2.24, 2.45) is 0 Å². The van der Waals surface area contributed by atoms with Crippen molar-refractivity contribution >= 4 is 35.1 Å². The predicted octanol–water partition coefficient (Wildman–Crippen LogP) is 2.88. The number of nitrogens with one attached hydrogen (secondary N) is 3. The van der Waals surface area contributed by atoms with Crippen LogP contribution < -0.4 is 10.6 Å². The van der Waals surface area contributed by atoms with Gasteiger partial charge in [-0.3, -0.25) is 14.4 Å². The maximum Gasteiger partial charge on any atom is 0.256 e. The van der Waals surface area contributed by atoms with Crippen LogP contribution in [0, 0.1) is 19.7 Å². The normalized spacial score (nSPS) is 14.7. The van der Waals surface area contributed by atoms with E-state index in [-0.39, 0.29) is 24.3 Å². The van der Waals surface area contributed by atoms with Gasteiger partial charge >= 0.3 is 0 Å². The van der Waals surface area contributed by atoms with Gasteiger partial charge in [0.1, 0.15) is 11.9 Å². The Hall–Kier alpha value is -3.46. The summed E-state index contributed by atoms with van der Waals surface area (Å²) in [5.41, 5.74) is 3.71. The van der Waals surface area contributed by atoms with E-state index in [1.807, 2.05) is 6.92 Å². The number of anilines is 1. The highest BCUT2D eigenvalue weighted by atomic mass is 19.1. The molecule has 2 heterocycles. The third kappa shape index (κ3) is 5.14. The van der Waals surface area contributed by atoms with Gasteiger partial charge in [0.15, 0.2) is 0 Å². The van der Waals surface area contributed by atoms with Crippen LogP contribution in [0.5, 0.6) is 0 Å². The van der Waals surface area contributed by atoms with Crippen molar-refractivity contribution < 1.29 is 23.5 Å². The standard InChI is InChI=1S/C24H29FN4O4/c1-6-33-20(24(32)29(4)5)9-10-26-23(31)21-13(2)19(27-14(21)3)12-17-16-11-15(25)7-8-18(16)28-22(17)30/h7-8,11-12,20,27H,6,9-10H2,1-5H3,(H,26,31)(H,28,30)/b17-12-/t20-/m0/s1. The van der Waals surface area contributed by atoms with E-state index in [4.69, 9.17) is 4.74 Å². The minimum atomic E-state index is -0.625. The minimum Gasteiger partial charge on any atom is -0.369 e. The summed E-state index contributed by atoms with van der Waals surface area (Å²) in [6.07, 6.45) is 1.35. The molecule has 0 aliphatic carbocycles. The molecule has 2 aromatic rings. The number of halogens is 1. The molecule has 1 aliphatic heterocycles. The highest BCUT2D eigenvalue weighted by molar-refractivity contribution is 6.34.